The van der Waals surface area contributed by atoms with Crippen LogP contribution >= 0.6 is 11.6 Å². The molecular formula is C16H16ClNO6. The average molecular weight is 354 g/mol. The maximum atomic E-state index is 12.1. The van der Waals surface area contributed by atoms with Gasteiger partial charge in [0.2, 0.25) is 5.76 Å². The Labute approximate surface area is 142 Å². The van der Waals surface area contributed by atoms with Crippen LogP contribution in [0.3, 0.4) is 0 Å². The molecular weight excluding hydrogens is 338 g/mol. The van der Waals surface area contributed by atoms with E-state index in [0.717, 1.165) is 6.07 Å². The molecule has 0 aliphatic carbocycles. The molecule has 0 saturated heterocycles. The maximum absolute atomic E-state index is 12.1. The number of fused-ring (bicyclic) bond motifs is 1. The van der Waals surface area contributed by atoms with Crippen molar-refractivity contribution >= 4 is 34.4 Å². The highest BCUT2D eigenvalue weighted by Crippen LogP contribution is 2.18. The standard InChI is InChI=1S/C16H16ClNO6/c1-9(15(20)18-5-6-22-2)23-16(21)14-8-12(19)11-7-10(17)3-4-13(11)24-14/h3-4,7-9H,5-6H2,1-2H3,(H,18,20)/t9-/m0/s1. The molecule has 1 aromatic heterocycles. The number of nitrogens with one attached hydrogen (secondary N) is 1. The third-order valence-electron chi connectivity index (χ3n) is 3.15. The number of benzene rings is 1. The van der Waals surface area contributed by atoms with Crippen molar-refractivity contribution in [3.63, 3.8) is 0 Å². The van der Waals surface area contributed by atoms with Gasteiger partial charge in [0.05, 0.1) is 12.0 Å². The molecule has 1 atom stereocenters. The van der Waals surface area contributed by atoms with E-state index in [1.165, 1.54) is 32.2 Å². The molecule has 2 rings (SSSR count). The van der Waals surface area contributed by atoms with Gasteiger partial charge in [-0.05, 0) is 25.1 Å². The number of rotatable bonds is 6. The van der Waals surface area contributed by atoms with Crippen LogP contribution in [0.1, 0.15) is 17.5 Å². The van der Waals surface area contributed by atoms with E-state index >= 15 is 0 Å². The van der Waals surface area contributed by atoms with E-state index in [9.17, 15) is 14.4 Å². The first-order valence-corrected chi connectivity index (χ1v) is 7.51. The van der Waals surface area contributed by atoms with Gasteiger partial charge in [0.1, 0.15) is 5.58 Å². The minimum Gasteiger partial charge on any atom is -0.449 e. The van der Waals surface area contributed by atoms with Gasteiger partial charge in [0, 0.05) is 24.7 Å². The summed E-state index contributed by atoms with van der Waals surface area (Å²) in [5, 5.41) is 3.17. The van der Waals surface area contributed by atoms with Crippen molar-refractivity contribution in [1.82, 2.24) is 5.32 Å². The van der Waals surface area contributed by atoms with Crippen molar-refractivity contribution < 1.29 is 23.5 Å². The molecule has 24 heavy (non-hydrogen) atoms. The second kappa shape index (κ2) is 7.94. The van der Waals surface area contributed by atoms with Gasteiger partial charge in [-0.15, -0.1) is 0 Å². The summed E-state index contributed by atoms with van der Waals surface area (Å²) < 4.78 is 15.2. The van der Waals surface area contributed by atoms with Gasteiger partial charge >= 0.3 is 5.97 Å². The molecule has 0 aliphatic heterocycles. The van der Waals surface area contributed by atoms with Gasteiger partial charge in [0.25, 0.3) is 5.91 Å². The number of hydrogen-bond donors (Lipinski definition) is 1. The molecule has 2 aromatic rings. The molecule has 0 spiro atoms. The van der Waals surface area contributed by atoms with Crippen molar-refractivity contribution in [1.29, 1.82) is 0 Å². The lowest BCUT2D eigenvalue weighted by Gasteiger charge is -2.13. The molecule has 7 nitrogen and oxygen atoms in total. The van der Waals surface area contributed by atoms with Crippen LogP contribution in [0.5, 0.6) is 0 Å². The molecule has 1 aromatic carbocycles. The van der Waals surface area contributed by atoms with E-state index in [0.29, 0.717) is 18.2 Å². The van der Waals surface area contributed by atoms with E-state index in [-0.39, 0.29) is 16.7 Å². The molecule has 8 heteroatoms. The summed E-state index contributed by atoms with van der Waals surface area (Å²) in [5.74, 6) is -1.67. The molecule has 1 N–H and O–H groups in total. The van der Waals surface area contributed by atoms with Crippen molar-refractivity contribution in [3.05, 3.63) is 45.3 Å². The summed E-state index contributed by atoms with van der Waals surface area (Å²) >= 11 is 5.82. The summed E-state index contributed by atoms with van der Waals surface area (Å²) in [6.07, 6.45) is -1.04. The number of esters is 1. The smallest absolute Gasteiger partial charge is 0.375 e. The highest BCUT2D eigenvalue weighted by molar-refractivity contribution is 6.31. The zero-order valence-electron chi connectivity index (χ0n) is 13.1. The van der Waals surface area contributed by atoms with Crippen molar-refractivity contribution in [2.45, 2.75) is 13.0 Å². The first kappa shape index (κ1) is 18.0. The highest BCUT2D eigenvalue weighted by Gasteiger charge is 2.21. The summed E-state index contributed by atoms with van der Waals surface area (Å²) in [7, 11) is 1.50. The molecule has 0 aliphatic rings. The lowest BCUT2D eigenvalue weighted by molar-refractivity contribution is -0.129. The Hall–Kier alpha value is -2.38. The Morgan fingerprint density at radius 1 is 1.33 bits per heavy atom. The summed E-state index contributed by atoms with van der Waals surface area (Å²) in [6, 6.07) is 5.48. The number of hydrogen-bond acceptors (Lipinski definition) is 6. The molecule has 0 bridgehead atoms. The van der Waals surface area contributed by atoms with Crippen LogP contribution in [0.4, 0.5) is 0 Å². The van der Waals surface area contributed by atoms with Crippen LogP contribution in [-0.4, -0.2) is 38.2 Å². The van der Waals surface area contributed by atoms with Gasteiger partial charge in [0.15, 0.2) is 11.5 Å². The number of halogens is 1. The lowest BCUT2D eigenvalue weighted by atomic mass is 10.2. The number of carbonyl (C=O) groups is 2. The molecule has 0 saturated carbocycles. The Kier molecular flexibility index (Phi) is 5.94. The first-order chi connectivity index (χ1) is 11.4. The summed E-state index contributed by atoms with van der Waals surface area (Å²) in [4.78, 5) is 35.8. The third kappa shape index (κ3) is 4.33. The Bertz CT molecular complexity index is 816. The molecule has 1 heterocycles. The van der Waals surface area contributed by atoms with E-state index in [1.54, 1.807) is 0 Å². The lowest BCUT2D eigenvalue weighted by Crippen LogP contribution is -2.37. The molecule has 0 fully saturated rings. The van der Waals surface area contributed by atoms with Crippen LogP contribution in [0.25, 0.3) is 11.0 Å². The fourth-order valence-corrected chi connectivity index (χ4v) is 2.09. The van der Waals surface area contributed by atoms with Crippen LogP contribution in [-0.2, 0) is 14.3 Å². The predicted molar refractivity (Wildman–Crippen MR) is 87.3 cm³/mol. The van der Waals surface area contributed by atoms with Gasteiger partial charge in [-0.1, -0.05) is 11.6 Å². The molecule has 1 amide bonds. The second-order valence-corrected chi connectivity index (χ2v) is 5.38. The largest absolute Gasteiger partial charge is 0.449 e. The first-order valence-electron chi connectivity index (χ1n) is 7.13. The van der Waals surface area contributed by atoms with Crippen molar-refractivity contribution in [3.8, 4) is 0 Å². The van der Waals surface area contributed by atoms with Gasteiger partial charge < -0.3 is 19.2 Å². The summed E-state index contributed by atoms with van der Waals surface area (Å²) in [6.45, 7) is 2.05. The Balaban J connectivity index is 2.12. The van der Waals surface area contributed by atoms with E-state index in [4.69, 9.17) is 25.5 Å². The number of ether oxygens (including phenoxy) is 2. The molecule has 0 radical (unpaired) electrons. The predicted octanol–water partition coefficient (Wildman–Crippen LogP) is 1.75. The van der Waals surface area contributed by atoms with Crippen LogP contribution < -0.4 is 10.7 Å². The zero-order chi connectivity index (χ0) is 17.7. The monoisotopic (exact) mass is 353 g/mol. The SMILES string of the molecule is COCCNC(=O)[C@H](C)OC(=O)c1cc(=O)c2cc(Cl)ccc2o1. The number of methoxy groups -OCH3 is 1. The van der Waals surface area contributed by atoms with Crippen molar-refractivity contribution in [2.75, 3.05) is 20.3 Å². The Morgan fingerprint density at radius 3 is 2.79 bits per heavy atom. The number of amides is 1. The van der Waals surface area contributed by atoms with Gasteiger partial charge in [-0.2, -0.15) is 0 Å². The minimum atomic E-state index is -1.04. The summed E-state index contributed by atoms with van der Waals surface area (Å²) in [5.41, 5.74) is -0.223. The molecule has 128 valence electrons. The number of carbonyl (C=O) groups excluding carboxylic acids is 2. The van der Waals surface area contributed by atoms with Crippen LogP contribution in [0.15, 0.2) is 33.5 Å². The van der Waals surface area contributed by atoms with Gasteiger partial charge in [-0.25, -0.2) is 4.79 Å². The zero-order valence-corrected chi connectivity index (χ0v) is 13.9. The fourth-order valence-electron chi connectivity index (χ4n) is 1.92. The average Bonchev–Trinajstić information content (AvgIpc) is 2.55. The quantitative estimate of drug-likeness (QED) is 0.628. The molecule has 0 unspecified atom stereocenters. The third-order valence-corrected chi connectivity index (χ3v) is 3.38. The topological polar surface area (TPSA) is 94.8 Å². The second-order valence-electron chi connectivity index (χ2n) is 4.95. The van der Waals surface area contributed by atoms with E-state index in [1.807, 2.05) is 0 Å². The van der Waals surface area contributed by atoms with E-state index in [2.05, 4.69) is 5.32 Å². The van der Waals surface area contributed by atoms with Crippen LogP contribution in [0, 0.1) is 0 Å². The van der Waals surface area contributed by atoms with E-state index < -0.39 is 23.4 Å². The normalized spacial score (nSPS) is 12.0. The van der Waals surface area contributed by atoms with Crippen molar-refractivity contribution in [2.24, 2.45) is 0 Å². The van der Waals surface area contributed by atoms with Gasteiger partial charge in [-0.3, -0.25) is 9.59 Å². The fraction of sp³-hybridized carbons (Fsp3) is 0.312. The highest BCUT2D eigenvalue weighted by atomic mass is 35.5. The maximum Gasteiger partial charge on any atom is 0.375 e. The minimum absolute atomic E-state index is 0.205. The Morgan fingerprint density at radius 2 is 2.08 bits per heavy atom. The van der Waals surface area contributed by atoms with Crippen LogP contribution in [0.2, 0.25) is 5.02 Å².